The van der Waals surface area contributed by atoms with E-state index < -0.39 is 24.2 Å². The molecule has 3 atom stereocenters. The minimum Gasteiger partial charge on any atom is -0.493 e. The molecule has 3 unspecified atom stereocenters. The normalized spacial score (nSPS) is 28.1. The lowest BCUT2D eigenvalue weighted by Gasteiger charge is -2.49. The largest absolute Gasteiger partial charge is 0.493 e. The van der Waals surface area contributed by atoms with Gasteiger partial charge in [-0.15, -0.1) is 0 Å². The summed E-state index contributed by atoms with van der Waals surface area (Å²) in [5, 5.41) is 10.9. The summed E-state index contributed by atoms with van der Waals surface area (Å²) in [5.41, 5.74) is 0.972. The van der Waals surface area contributed by atoms with Gasteiger partial charge >= 0.3 is 5.97 Å². The van der Waals surface area contributed by atoms with Crippen molar-refractivity contribution in [3.63, 3.8) is 0 Å². The number of hydrogen-bond acceptors (Lipinski definition) is 3. The van der Waals surface area contributed by atoms with E-state index in [1.54, 1.807) is 6.07 Å². The molecule has 0 radical (unpaired) electrons. The molecule has 4 fully saturated rings. The van der Waals surface area contributed by atoms with Gasteiger partial charge in [0.15, 0.2) is 0 Å². The summed E-state index contributed by atoms with van der Waals surface area (Å²) in [6, 6.07) is 2.87. The molecule has 5 rings (SSSR count). The molecule has 4 aliphatic carbocycles. The minimum atomic E-state index is -1.16. The molecule has 0 saturated heterocycles. The van der Waals surface area contributed by atoms with Crippen molar-refractivity contribution in [3.8, 4) is 5.75 Å². The fourth-order valence-corrected chi connectivity index (χ4v) is 5.68. The first kappa shape index (κ1) is 19.2. The van der Waals surface area contributed by atoms with Gasteiger partial charge in [0.1, 0.15) is 18.1 Å². The molecule has 152 valence electrons. The molecule has 0 aliphatic heterocycles. The van der Waals surface area contributed by atoms with Crippen LogP contribution in [0.15, 0.2) is 12.1 Å². The molecule has 2 N–H and O–H groups in total. The second-order valence-corrected chi connectivity index (χ2v) is 9.14. The monoisotopic (exact) mass is 389 g/mol. The predicted octanol–water partition coefficient (Wildman–Crippen LogP) is 3.97. The fraction of sp³-hybridized carbons (Fsp3) is 0.636. The van der Waals surface area contributed by atoms with Gasteiger partial charge in [-0.05, 0) is 67.4 Å². The molecule has 1 aromatic rings. The number of ether oxygens (including phenoxy) is 1. The Bertz CT molecular complexity index is 800. The molecule has 0 heterocycles. The average Bonchev–Trinajstić information content (AvgIpc) is 3.27. The van der Waals surface area contributed by atoms with E-state index in [1.807, 2.05) is 0 Å². The van der Waals surface area contributed by atoms with Crippen LogP contribution in [0, 0.1) is 29.0 Å². The van der Waals surface area contributed by atoms with Gasteiger partial charge in [-0.3, -0.25) is 9.59 Å². The molecule has 4 saturated carbocycles. The molecule has 2 bridgehead atoms. The summed E-state index contributed by atoms with van der Waals surface area (Å²) in [7, 11) is 0. The summed E-state index contributed by atoms with van der Waals surface area (Å²) in [5.74, 6) is 0.420. The summed E-state index contributed by atoms with van der Waals surface area (Å²) < 4.78 is 20.8. The minimum absolute atomic E-state index is 0.113. The van der Waals surface area contributed by atoms with Gasteiger partial charge in [0.25, 0.3) is 5.91 Å². The number of fused-ring (bicyclic) bond motifs is 1. The first-order valence-electron chi connectivity index (χ1n) is 10.3. The number of carbonyl (C=O) groups is 2. The van der Waals surface area contributed by atoms with Crippen molar-refractivity contribution in [2.24, 2.45) is 23.2 Å². The van der Waals surface area contributed by atoms with Crippen LogP contribution < -0.4 is 10.1 Å². The van der Waals surface area contributed by atoms with E-state index in [4.69, 9.17) is 9.84 Å². The zero-order valence-electron chi connectivity index (χ0n) is 16.5. The van der Waals surface area contributed by atoms with E-state index in [2.05, 4.69) is 19.2 Å². The Morgan fingerprint density at radius 1 is 1.32 bits per heavy atom. The number of amides is 1. The Morgan fingerprint density at radius 2 is 2.07 bits per heavy atom. The van der Waals surface area contributed by atoms with Crippen LogP contribution in [0.1, 0.15) is 67.8 Å². The van der Waals surface area contributed by atoms with Crippen LogP contribution in [-0.4, -0.2) is 30.1 Å². The first-order valence-corrected chi connectivity index (χ1v) is 10.3. The van der Waals surface area contributed by atoms with Crippen LogP contribution >= 0.6 is 0 Å². The van der Waals surface area contributed by atoms with E-state index in [-0.39, 0.29) is 16.9 Å². The zero-order valence-corrected chi connectivity index (χ0v) is 16.5. The maximum atomic E-state index is 14.6. The van der Waals surface area contributed by atoms with Crippen LogP contribution in [0.3, 0.4) is 0 Å². The summed E-state index contributed by atoms with van der Waals surface area (Å²) in [6.45, 7) is 4.62. The highest BCUT2D eigenvalue weighted by Crippen LogP contribution is 2.65. The summed E-state index contributed by atoms with van der Waals surface area (Å²) >= 11 is 0. The maximum absolute atomic E-state index is 14.6. The van der Waals surface area contributed by atoms with Crippen LogP contribution in [0.4, 0.5) is 4.39 Å². The first-order chi connectivity index (χ1) is 13.3. The molecule has 0 spiro atoms. The number of carboxylic acid groups (broad SMARTS) is 1. The van der Waals surface area contributed by atoms with Crippen molar-refractivity contribution in [2.45, 2.75) is 51.9 Å². The highest BCUT2D eigenvalue weighted by molar-refractivity contribution is 5.96. The predicted molar refractivity (Wildman–Crippen MR) is 102 cm³/mol. The van der Waals surface area contributed by atoms with E-state index in [0.29, 0.717) is 24.2 Å². The molecular formula is C22H28FNO4. The van der Waals surface area contributed by atoms with Gasteiger partial charge in [-0.2, -0.15) is 0 Å². The van der Waals surface area contributed by atoms with Crippen LogP contribution in [0.5, 0.6) is 5.75 Å². The second kappa shape index (κ2) is 7.05. The number of nitrogens with one attached hydrogen (secondary N) is 1. The molecule has 0 aromatic heterocycles. The second-order valence-electron chi connectivity index (χ2n) is 9.14. The Kier molecular flexibility index (Phi) is 4.84. The number of carboxylic acids is 1. The maximum Gasteiger partial charge on any atom is 0.322 e. The third kappa shape index (κ3) is 3.38. The lowest BCUT2D eigenvalue weighted by Crippen LogP contribution is -2.47. The molecule has 1 aromatic carbocycles. The average molecular weight is 389 g/mol. The zero-order chi connectivity index (χ0) is 20.1. The molecule has 28 heavy (non-hydrogen) atoms. The molecule has 5 nitrogen and oxygen atoms in total. The quantitative estimate of drug-likeness (QED) is 0.705. The third-order valence-corrected chi connectivity index (χ3v) is 6.89. The van der Waals surface area contributed by atoms with Crippen LogP contribution in [0.2, 0.25) is 0 Å². The molecule has 1 amide bonds. The van der Waals surface area contributed by atoms with Crippen molar-refractivity contribution in [2.75, 3.05) is 13.2 Å². The van der Waals surface area contributed by atoms with Crippen molar-refractivity contribution in [1.29, 1.82) is 0 Å². The Morgan fingerprint density at radius 3 is 2.68 bits per heavy atom. The van der Waals surface area contributed by atoms with Gasteiger partial charge in [0.2, 0.25) is 0 Å². The van der Waals surface area contributed by atoms with Gasteiger partial charge < -0.3 is 15.2 Å². The number of hydrogen-bond donors (Lipinski definition) is 2. The Labute approximate surface area is 164 Å². The van der Waals surface area contributed by atoms with E-state index in [0.717, 1.165) is 24.3 Å². The van der Waals surface area contributed by atoms with Gasteiger partial charge in [-0.1, -0.05) is 13.8 Å². The highest BCUT2D eigenvalue weighted by Gasteiger charge is 2.60. The van der Waals surface area contributed by atoms with Gasteiger partial charge in [0, 0.05) is 11.5 Å². The lowest BCUT2D eigenvalue weighted by atomic mass is 9.56. The van der Waals surface area contributed by atoms with Crippen molar-refractivity contribution in [3.05, 3.63) is 29.1 Å². The number of halogens is 1. The lowest BCUT2D eigenvalue weighted by molar-refractivity contribution is -0.135. The molecule has 6 heteroatoms. The number of carbonyl (C=O) groups excluding carboxylic acids is 1. The molecular weight excluding hydrogens is 361 g/mol. The summed E-state index contributed by atoms with van der Waals surface area (Å²) in [6.07, 6.45) is 5.64. The number of aliphatic carboxylic acids is 1. The standard InChI is InChI=1S/C22H28FNO4/c1-12(2)20-14-5-6-22(20,9-14)11-28-18-8-17(23)16(7-15(18)13-3-4-13)21(27)24-10-19(25)26/h7-8,12-14,20H,3-6,9-11H2,1-2H3,(H,24,27)(H,25,26). The smallest absolute Gasteiger partial charge is 0.322 e. The topological polar surface area (TPSA) is 75.6 Å². The van der Waals surface area contributed by atoms with E-state index >= 15 is 0 Å². The van der Waals surface area contributed by atoms with Gasteiger partial charge in [0.05, 0.1) is 12.2 Å². The fourth-order valence-electron chi connectivity index (χ4n) is 5.68. The molecule has 4 aliphatic rings. The summed E-state index contributed by atoms with van der Waals surface area (Å²) in [4.78, 5) is 22.8. The number of benzene rings is 1. The third-order valence-electron chi connectivity index (χ3n) is 6.89. The Hall–Kier alpha value is -2.11. The van der Waals surface area contributed by atoms with Crippen molar-refractivity contribution in [1.82, 2.24) is 5.32 Å². The van der Waals surface area contributed by atoms with Crippen molar-refractivity contribution < 1.29 is 23.8 Å². The SMILES string of the molecule is CC(C)C1C2CCC1(COc1cc(F)c(C(=O)NCC(=O)O)cc1C1CC1)C2. The van der Waals surface area contributed by atoms with E-state index in [9.17, 15) is 14.0 Å². The van der Waals surface area contributed by atoms with Crippen LogP contribution in [-0.2, 0) is 4.79 Å². The Balaban J connectivity index is 1.52. The van der Waals surface area contributed by atoms with Gasteiger partial charge in [-0.25, -0.2) is 4.39 Å². The van der Waals surface area contributed by atoms with E-state index in [1.165, 1.54) is 25.3 Å². The van der Waals surface area contributed by atoms with Crippen LogP contribution in [0.25, 0.3) is 0 Å². The number of rotatable bonds is 8. The van der Waals surface area contributed by atoms with Crippen molar-refractivity contribution >= 4 is 11.9 Å². The highest BCUT2D eigenvalue weighted by atomic mass is 19.1.